The van der Waals surface area contributed by atoms with Gasteiger partial charge in [-0.2, -0.15) is 0 Å². The maximum Gasteiger partial charge on any atom is 0.265 e. The predicted octanol–water partition coefficient (Wildman–Crippen LogP) is 7.87. The van der Waals surface area contributed by atoms with Crippen LogP contribution < -0.4 is 0 Å². The fraction of sp³-hybridized carbons (Fsp3) is 0.103. The van der Waals surface area contributed by atoms with Gasteiger partial charge in [-0.05, 0) is 68.5 Å². The molecular formula is C29H19N5O2. The molecule has 7 heteroatoms. The maximum absolute atomic E-state index is 9.02. The van der Waals surface area contributed by atoms with Crippen LogP contribution in [-0.4, -0.2) is 4.57 Å². The van der Waals surface area contributed by atoms with Crippen molar-refractivity contribution in [1.82, 2.24) is 4.57 Å². The molecule has 0 aliphatic carbocycles. The van der Waals surface area contributed by atoms with Gasteiger partial charge in [0.15, 0.2) is 5.76 Å². The molecule has 0 radical (unpaired) electrons. The molecule has 0 fully saturated rings. The van der Waals surface area contributed by atoms with Crippen LogP contribution in [0.2, 0.25) is 0 Å². The lowest BCUT2D eigenvalue weighted by atomic mass is 10.1. The number of nitriles is 2. The van der Waals surface area contributed by atoms with E-state index in [1.165, 1.54) is 12.2 Å². The Balaban J connectivity index is 1.71. The maximum atomic E-state index is 9.02. The molecule has 1 aromatic carbocycles. The van der Waals surface area contributed by atoms with E-state index in [4.69, 9.17) is 32.5 Å². The van der Waals surface area contributed by atoms with Gasteiger partial charge in [-0.25, -0.2) is 20.2 Å². The molecule has 0 N–H and O–H groups in total. The van der Waals surface area contributed by atoms with E-state index < -0.39 is 0 Å². The van der Waals surface area contributed by atoms with E-state index in [-0.39, 0.29) is 17.4 Å². The first-order valence-electron chi connectivity index (χ1n) is 11.0. The van der Waals surface area contributed by atoms with Gasteiger partial charge >= 0.3 is 0 Å². The Morgan fingerprint density at radius 2 is 1.61 bits per heavy atom. The summed E-state index contributed by atoms with van der Waals surface area (Å²) in [6, 6.07) is 19.2. The van der Waals surface area contributed by atoms with Crippen molar-refractivity contribution in [2.24, 2.45) is 0 Å². The number of hydrogen-bond acceptors (Lipinski definition) is 4. The molecule has 0 unspecified atom stereocenters. The highest BCUT2D eigenvalue weighted by Crippen LogP contribution is 2.35. The molecule has 0 spiro atoms. The third kappa shape index (κ3) is 4.73. The molecule has 7 nitrogen and oxygen atoms in total. The van der Waals surface area contributed by atoms with Gasteiger partial charge in [0.25, 0.3) is 11.4 Å². The normalized spacial score (nSPS) is 12.0. The standard InChI is InChI=1S/C29H19N5O2/c1-19(2)34-26-15-21(28-12-10-24(35-28)7-5-6-22(17-30)32-3)9-8-20(26)14-27(34)29-13-11-25(36-29)16-23(18-31)33-4/h5-16,19H,1-2H3/b7-5+,22-6-,23-16+. The molecule has 3 aromatic heterocycles. The average Bonchev–Trinajstić information content (AvgIpc) is 3.62. The first-order valence-corrected chi connectivity index (χ1v) is 11.0. The Hall–Kier alpha value is -5.50. The number of aromatic nitrogens is 1. The van der Waals surface area contributed by atoms with Gasteiger partial charge in [-0.1, -0.05) is 18.2 Å². The zero-order valence-corrected chi connectivity index (χ0v) is 19.6. The second-order valence-electron chi connectivity index (χ2n) is 8.06. The molecule has 0 bridgehead atoms. The molecule has 172 valence electrons. The molecule has 0 aliphatic rings. The molecule has 36 heavy (non-hydrogen) atoms. The third-order valence-electron chi connectivity index (χ3n) is 5.41. The lowest BCUT2D eigenvalue weighted by Gasteiger charge is -2.14. The Morgan fingerprint density at radius 1 is 0.917 bits per heavy atom. The average molecular weight is 470 g/mol. The van der Waals surface area contributed by atoms with Gasteiger partial charge < -0.3 is 13.4 Å². The van der Waals surface area contributed by atoms with Gasteiger partial charge in [0, 0.05) is 22.5 Å². The van der Waals surface area contributed by atoms with Crippen molar-refractivity contribution < 1.29 is 8.83 Å². The molecule has 4 aromatic rings. The summed E-state index contributed by atoms with van der Waals surface area (Å²) in [5, 5.41) is 18.9. The zero-order valence-electron chi connectivity index (χ0n) is 19.6. The van der Waals surface area contributed by atoms with Crippen molar-refractivity contribution in [3.63, 3.8) is 0 Å². The minimum absolute atomic E-state index is 0.00493. The first kappa shape index (κ1) is 23.7. The monoisotopic (exact) mass is 469 g/mol. The smallest absolute Gasteiger partial charge is 0.265 e. The zero-order chi connectivity index (χ0) is 25.7. The van der Waals surface area contributed by atoms with Gasteiger partial charge in [0.05, 0.1) is 31.0 Å². The Morgan fingerprint density at radius 3 is 2.31 bits per heavy atom. The van der Waals surface area contributed by atoms with Crippen molar-refractivity contribution in [3.8, 4) is 34.9 Å². The summed E-state index contributed by atoms with van der Waals surface area (Å²) in [6.07, 6.45) is 6.19. The summed E-state index contributed by atoms with van der Waals surface area (Å²) in [5.74, 6) is 2.39. The number of furan rings is 2. The second kappa shape index (κ2) is 10.2. The quantitative estimate of drug-likeness (QED) is 0.163. The Labute approximate surface area is 208 Å². The highest BCUT2D eigenvalue weighted by molar-refractivity contribution is 5.89. The Bertz CT molecular complexity index is 1680. The summed E-state index contributed by atoms with van der Waals surface area (Å²) in [5.41, 5.74) is 2.77. The summed E-state index contributed by atoms with van der Waals surface area (Å²) in [7, 11) is 0. The first-order chi connectivity index (χ1) is 17.5. The highest BCUT2D eigenvalue weighted by Gasteiger charge is 2.17. The van der Waals surface area contributed by atoms with E-state index in [9.17, 15) is 0 Å². The molecule has 0 aliphatic heterocycles. The fourth-order valence-corrected chi connectivity index (χ4v) is 3.84. The van der Waals surface area contributed by atoms with E-state index in [2.05, 4.69) is 40.2 Å². The van der Waals surface area contributed by atoms with Crippen molar-refractivity contribution in [1.29, 1.82) is 10.5 Å². The molecule has 0 amide bonds. The van der Waals surface area contributed by atoms with E-state index in [0.29, 0.717) is 23.0 Å². The number of nitrogens with zero attached hydrogens (tertiary/aromatic N) is 5. The second-order valence-corrected chi connectivity index (χ2v) is 8.06. The van der Waals surface area contributed by atoms with Gasteiger partial charge in [0.2, 0.25) is 0 Å². The van der Waals surface area contributed by atoms with E-state index >= 15 is 0 Å². The lowest BCUT2D eigenvalue weighted by molar-refractivity contribution is 0.553. The molecule has 0 atom stereocenters. The van der Waals surface area contributed by atoms with Crippen LogP contribution >= 0.6 is 0 Å². The van der Waals surface area contributed by atoms with Crippen LogP contribution in [-0.2, 0) is 0 Å². The molecule has 0 saturated carbocycles. The lowest BCUT2D eigenvalue weighted by Crippen LogP contribution is -2.02. The van der Waals surface area contributed by atoms with Gasteiger partial charge in [0.1, 0.15) is 17.3 Å². The van der Waals surface area contributed by atoms with Crippen molar-refractivity contribution in [2.45, 2.75) is 19.9 Å². The summed E-state index contributed by atoms with van der Waals surface area (Å²) < 4.78 is 14.1. The fourth-order valence-electron chi connectivity index (χ4n) is 3.84. The van der Waals surface area contributed by atoms with E-state index in [0.717, 1.165) is 22.2 Å². The minimum atomic E-state index is -0.0366. The van der Waals surface area contributed by atoms with Crippen LogP contribution in [0.25, 0.3) is 55.5 Å². The van der Waals surface area contributed by atoms with Crippen molar-refractivity contribution in [3.05, 3.63) is 106 Å². The molecule has 0 saturated heterocycles. The van der Waals surface area contributed by atoms with Crippen LogP contribution in [0.1, 0.15) is 31.4 Å². The number of allylic oxidation sites excluding steroid dienone is 4. The predicted molar refractivity (Wildman–Crippen MR) is 137 cm³/mol. The Kier molecular flexibility index (Phi) is 6.69. The van der Waals surface area contributed by atoms with E-state index in [1.807, 2.05) is 42.5 Å². The summed E-state index contributed by atoms with van der Waals surface area (Å²) in [4.78, 5) is 6.30. The number of hydrogen-bond donors (Lipinski definition) is 0. The molecular weight excluding hydrogens is 450 g/mol. The number of benzene rings is 1. The largest absolute Gasteiger partial charge is 0.457 e. The van der Waals surface area contributed by atoms with Crippen molar-refractivity contribution >= 4 is 23.1 Å². The SMILES string of the molecule is [C-]#[N+]/C(C#N)=C\C=C\c1ccc(-c2ccc3cc(-c4ccc(/C=C(\C#N)[N+]#[C-])o4)n(C(C)C)c3c2)o1. The van der Waals surface area contributed by atoms with Crippen LogP contribution in [0.4, 0.5) is 0 Å². The van der Waals surface area contributed by atoms with Gasteiger partial charge in [-0.15, -0.1) is 0 Å². The molecule has 4 rings (SSSR count). The summed E-state index contributed by atoms with van der Waals surface area (Å²) >= 11 is 0. The number of rotatable bonds is 6. The third-order valence-corrected chi connectivity index (χ3v) is 5.41. The van der Waals surface area contributed by atoms with Crippen LogP contribution in [0.5, 0.6) is 0 Å². The van der Waals surface area contributed by atoms with Crippen molar-refractivity contribution in [2.75, 3.05) is 0 Å². The minimum Gasteiger partial charge on any atom is -0.457 e. The van der Waals surface area contributed by atoms with Crippen LogP contribution in [0.3, 0.4) is 0 Å². The van der Waals surface area contributed by atoms with E-state index in [1.54, 1.807) is 18.2 Å². The van der Waals surface area contributed by atoms with Gasteiger partial charge in [-0.3, -0.25) is 0 Å². The topological polar surface area (TPSA) is 87.5 Å². The highest BCUT2D eigenvalue weighted by atomic mass is 16.3. The van der Waals surface area contributed by atoms with Crippen LogP contribution in [0, 0.1) is 35.8 Å². The van der Waals surface area contributed by atoms with Crippen LogP contribution in [0.15, 0.2) is 80.9 Å². The number of fused-ring (bicyclic) bond motifs is 1. The summed E-state index contributed by atoms with van der Waals surface area (Å²) in [6.45, 7) is 18.2. The molecule has 3 heterocycles.